The maximum atomic E-state index is 12.7. The van der Waals surface area contributed by atoms with Crippen LogP contribution in [-0.4, -0.2) is 59.8 Å². The Bertz CT molecular complexity index is 1620. The van der Waals surface area contributed by atoms with E-state index >= 15 is 0 Å². The number of sulfone groups is 1. The van der Waals surface area contributed by atoms with E-state index < -0.39 is 9.84 Å². The first-order valence-electron chi connectivity index (χ1n) is 12.4. The van der Waals surface area contributed by atoms with Gasteiger partial charge in [0, 0.05) is 29.9 Å². The number of benzene rings is 1. The number of carbonyl (C=O) groups is 1. The number of aliphatic hydroxyl groups is 1. The number of rotatable bonds is 7. The van der Waals surface area contributed by atoms with Crippen molar-refractivity contribution in [2.24, 2.45) is 0 Å². The lowest BCUT2D eigenvalue weighted by molar-refractivity contribution is 0.0950. The highest BCUT2D eigenvalue weighted by Gasteiger charge is 2.25. The van der Waals surface area contributed by atoms with E-state index in [9.17, 15) is 18.3 Å². The standard InChI is InChI=1S/C28H29N5O4S/c1-18-8-9-19(13-26(18)38(2,36)37)28(35)30-16-21-14-25-20(15-29-21)10-11-24(31-25)23-6-3-7-27(32-23)33-12-4-5-22(33)17-34/h3,6-11,13-15,22,34H,4-5,12,16-17H2,1-2H3,(H,30,35). The van der Waals surface area contributed by atoms with Crippen LogP contribution in [0.25, 0.3) is 22.3 Å². The molecule has 5 rings (SSSR count). The van der Waals surface area contributed by atoms with Crippen molar-refractivity contribution in [2.75, 3.05) is 24.3 Å². The van der Waals surface area contributed by atoms with Crippen LogP contribution in [0, 0.1) is 6.92 Å². The summed E-state index contributed by atoms with van der Waals surface area (Å²) in [5.74, 6) is 0.442. The van der Waals surface area contributed by atoms with E-state index in [4.69, 9.17) is 9.97 Å². The number of fused-ring (bicyclic) bond motifs is 1. The third kappa shape index (κ3) is 5.36. The number of pyridine rings is 3. The van der Waals surface area contributed by atoms with Gasteiger partial charge < -0.3 is 15.3 Å². The molecule has 4 aromatic rings. The van der Waals surface area contributed by atoms with Crippen LogP contribution in [-0.2, 0) is 16.4 Å². The molecule has 1 aromatic carbocycles. The second-order valence-electron chi connectivity index (χ2n) is 9.55. The Balaban J connectivity index is 1.35. The summed E-state index contributed by atoms with van der Waals surface area (Å²) in [6.45, 7) is 2.83. The smallest absolute Gasteiger partial charge is 0.251 e. The van der Waals surface area contributed by atoms with E-state index in [0.29, 0.717) is 17.0 Å². The summed E-state index contributed by atoms with van der Waals surface area (Å²) in [5.41, 5.74) is 3.66. The minimum absolute atomic E-state index is 0.0871. The second kappa shape index (κ2) is 10.5. The van der Waals surface area contributed by atoms with Gasteiger partial charge in [-0.25, -0.2) is 18.4 Å². The zero-order chi connectivity index (χ0) is 26.9. The average molecular weight is 532 g/mol. The van der Waals surface area contributed by atoms with E-state index in [1.165, 1.54) is 6.07 Å². The monoisotopic (exact) mass is 531 g/mol. The number of aromatic nitrogens is 3. The molecule has 0 radical (unpaired) electrons. The Morgan fingerprint density at radius 1 is 1.11 bits per heavy atom. The predicted molar refractivity (Wildman–Crippen MR) is 146 cm³/mol. The fraction of sp³-hybridized carbons (Fsp3) is 0.286. The van der Waals surface area contributed by atoms with Gasteiger partial charge in [0.25, 0.3) is 5.91 Å². The molecule has 4 heterocycles. The molecule has 38 heavy (non-hydrogen) atoms. The van der Waals surface area contributed by atoms with Crippen LogP contribution in [0.4, 0.5) is 5.82 Å². The zero-order valence-electron chi connectivity index (χ0n) is 21.3. The zero-order valence-corrected chi connectivity index (χ0v) is 22.1. The number of carbonyl (C=O) groups excluding carboxylic acids is 1. The Kier molecular flexibility index (Phi) is 7.09. The predicted octanol–water partition coefficient (Wildman–Crippen LogP) is 3.29. The third-order valence-electron chi connectivity index (χ3n) is 6.79. The first-order chi connectivity index (χ1) is 18.2. The van der Waals surface area contributed by atoms with E-state index in [1.807, 2.05) is 36.4 Å². The second-order valence-corrected chi connectivity index (χ2v) is 11.5. The van der Waals surface area contributed by atoms with Crippen molar-refractivity contribution in [1.82, 2.24) is 20.3 Å². The molecule has 3 aromatic heterocycles. The third-order valence-corrected chi connectivity index (χ3v) is 8.03. The molecule has 0 saturated carbocycles. The molecule has 1 unspecified atom stereocenters. The molecule has 0 aliphatic carbocycles. The largest absolute Gasteiger partial charge is 0.394 e. The van der Waals surface area contributed by atoms with Gasteiger partial charge in [-0.2, -0.15) is 0 Å². The van der Waals surface area contributed by atoms with E-state index in [0.717, 1.165) is 48.1 Å². The number of anilines is 1. The average Bonchev–Trinajstić information content (AvgIpc) is 3.40. The van der Waals surface area contributed by atoms with Gasteiger partial charge in [0.2, 0.25) is 0 Å². The molecule has 1 atom stereocenters. The summed E-state index contributed by atoms with van der Waals surface area (Å²) in [6.07, 6.45) is 4.81. The molecule has 1 fully saturated rings. The van der Waals surface area contributed by atoms with Crippen molar-refractivity contribution in [3.63, 3.8) is 0 Å². The molecule has 0 spiro atoms. The SMILES string of the molecule is Cc1ccc(C(=O)NCc2cc3nc(-c4cccc(N5CCCC5CO)n4)ccc3cn2)cc1S(C)(=O)=O. The Morgan fingerprint density at radius 3 is 2.71 bits per heavy atom. The van der Waals surface area contributed by atoms with Crippen molar-refractivity contribution < 1.29 is 18.3 Å². The van der Waals surface area contributed by atoms with Crippen LogP contribution < -0.4 is 10.2 Å². The Hall–Kier alpha value is -3.89. The molecule has 9 nitrogen and oxygen atoms in total. The molecule has 196 valence electrons. The topological polar surface area (TPSA) is 125 Å². The summed E-state index contributed by atoms with van der Waals surface area (Å²) < 4.78 is 24.0. The quantitative estimate of drug-likeness (QED) is 0.372. The summed E-state index contributed by atoms with van der Waals surface area (Å²) in [6, 6.07) is 16.2. The highest BCUT2D eigenvalue weighted by molar-refractivity contribution is 7.90. The summed E-state index contributed by atoms with van der Waals surface area (Å²) in [5, 5.41) is 13.4. The summed E-state index contributed by atoms with van der Waals surface area (Å²) in [4.78, 5) is 29.0. The first-order valence-corrected chi connectivity index (χ1v) is 14.3. The lowest BCUT2D eigenvalue weighted by Gasteiger charge is -2.24. The minimum Gasteiger partial charge on any atom is -0.394 e. The molecule has 1 amide bonds. The Labute approximate surface area is 221 Å². The minimum atomic E-state index is -3.44. The van der Waals surface area contributed by atoms with Crippen LogP contribution in [0.3, 0.4) is 0 Å². The van der Waals surface area contributed by atoms with Gasteiger partial charge >= 0.3 is 0 Å². The van der Waals surface area contributed by atoms with Crippen molar-refractivity contribution in [3.8, 4) is 11.4 Å². The fourth-order valence-electron chi connectivity index (χ4n) is 4.76. The van der Waals surface area contributed by atoms with Crippen LogP contribution in [0.2, 0.25) is 0 Å². The van der Waals surface area contributed by atoms with Crippen molar-refractivity contribution in [1.29, 1.82) is 0 Å². The van der Waals surface area contributed by atoms with E-state index in [2.05, 4.69) is 15.2 Å². The lowest BCUT2D eigenvalue weighted by atomic mass is 10.1. The maximum Gasteiger partial charge on any atom is 0.251 e. The van der Waals surface area contributed by atoms with Gasteiger partial charge in [-0.15, -0.1) is 0 Å². The molecular weight excluding hydrogens is 502 g/mol. The normalized spacial score (nSPS) is 15.7. The number of nitrogens with zero attached hydrogens (tertiary/aromatic N) is 4. The molecule has 1 aliphatic heterocycles. The Morgan fingerprint density at radius 2 is 1.92 bits per heavy atom. The molecular formula is C28H29N5O4S. The van der Waals surface area contributed by atoms with Crippen LogP contribution in [0.15, 0.2) is 65.7 Å². The molecule has 1 saturated heterocycles. The van der Waals surface area contributed by atoms with E-state index in [-0.39, 0.29) is 35.6 Å². The van der Waals surface area contributed by atoms with Gasteiger partial charge in [0.15, 0.2) is 9.84 Å². The first kappa shape index (κ1) is 25.7. The molecule has 10 heteroatoms. The summed E-state index contributed by atoms with van der Waals surface area (Å²) >= 11 is 0. The highest BCUT2D eigenvalue weighted by Crippen LogP contribution is 2.27. The number of aryl methyl sites for hydroxylation is 1. The van der Waals surface area contributed by atoms with Gasteiger partial charge in [0.05, 0.1) is 46.7 Å². The van der Waals surface area contributed by atoms with E-state index in [1.54, 1.807) is 25.3 Å². The van der Waals surface area contributed by atoms with Gasteiger partial charge in [0.1, 0.15) is 5.82 Å². The number of hydrogen-bond donors (Lipinski definition) is 2. The number of hydrogen-bond acceptors (Lipinski definition) is 8. The van der Waals surface area contributed by atoms with Gasteiger partial charge in [-0.05, 0) is 67.8 Å². The highest BCUT2D eigenvalue weighted by atomic mass is 32.2. The van der Waals surface area contributed by atoms with Crippen LogP contribution in [0.5, 0.6) is 0 Å². The van der Waals surface area contributed by atoms with Crippen LogP contribution >= 0.6 is 0 Å². The number of aliphatic hydroxyl groups excluding tert-OH is 1. The van der Waals surface area contributed by atoms with Crippen molar-refractivity contribution in [2.45, 2.75) is 37.2 Å². The van der Waals surface area contributed by atoms with Crippen LogP contribution in [0.1, 0.15) is 34.5 Å². The molecule has 2 N–H and O–H groups in total. The van der Waals surface area contributed by atoms with Gasteiger partial charge in [-0.3, -0.25) is 9.78 Å². The fourth-order valence-corrected chi connectivity index (χ4v) is 5.76. The number of amides is 1. The lowest BCUT2D eigenvalue weighted by Crippen LogP contribution is -2.32. The number of nitrogens with one attached hydrogen (secondary N) is 1. The molecule has 0 bridgehead atoms. The van der Waals surface area contributed by atoms with Crippen molar-refractivity contribution >= 4 is 32.5 Å². The summed E-state index contributed by atoms with van der Waals surface area (Å²) in [7, 11) is -3.44. The molecule has 1 aliphatic rings. The maximum absolute atomic E-state index is 12.7. The van der Waals surface area contributed by atoms with Gasteiger partial charge in [-0.1, -0.05) is 12.1 Å². The van der Waals surface area contributed by atoms with Crippen molar-refractivity contribution in [3.05, 3.63) is 77.6 Å².